The number of carbonyl (C=O) groups is 1. The van der Waals surface area contributed by atoms with Crippen LogP contribution in [0.1, 0.15) is 29.9 Å². The minimum Gasteiger partial charge on any atom is -0.370 e. The quantitative estimate of drug-likeness (QED) is 0.672. The Morgan fingerprint density at radius 1 is 1.05 bits per heavy atom. The monoisotopic (exact) mass is 299 g/mol. The van der Waals surface area contributed by atoms with Crippen LogP contribution in [0.5, 0.6) is 0 Å². The molecular weight excluding hydrogens is 281 g/mol. The molecule has 0 aliphatic rings. The summed E-state index contributed by atoms with van der Waals surface area (Å²) in [6, 6.07) is 15.5. The van der Waals surface area contributed by atoms with Crippen LogP contribution >= 0.6 is 0 Å². The van der Waals surface area contributed by atoms with Gasteiger partial charge < -0.3 is 11.5 Å². The number of rotatable bonds is 4. The van der Waals surface area contributed by atoms with Gasteiger partial charge in [-0.3, -0.25) is 4.79 Å². The Labute approximate surface area is 128 Å². The van der Waals surface area contributed by atoms with E-state index in [-0.39, 0.29) is 11.8 Å². The van der Waals surface area contributed by atoms with E-state index in [2.05, 4.69) is 4.99 Å². The fraction of sp³-hybridized carbons (Fsp3) is 0.176. The van der Waals surface area contributed by atoms with Crippen LogP contribution in [-0.4, -0.2) is 11.9 Å². The highest BCUT2D eigenvalue weighted by atomic mass is 19.1. The molecule has 0 bridgehead atoms. The van der Waals surface area contributed by atoms with E-state index in [1.54, 1.807) is 25.1 Å². The highest BCUT2D eigenvalue weighted by Gasteiger charge is 2.29. The van der Waals surface area contributed by atoms with Crippen molar-refractivity contribution < 1.29 is 9.18 Å². The number of benzene rings is 2. The maximum Gasteiger partial charge on any atom is 0.257 e. The zero-order valence-electron chi connectivity index (χ0n) is 12.2. The molecule has 2 rings (SSSR count). The van der Waals surface area contributed by atoms with E-state index in [1.807, 2.05) is 30.3 Å². The molecule has 4 N–H and O–H groups in total. The fourth-order valence-corrected chi connectivity index (χ4v) is 2.53. The number of hydrogen-bond donors (Lipinski definition) is 2. The van der Waals surface area contributed by atoms with Crippen molar-refractivity contribution in [2.24, 2.45) is 16.5 Å². The van der Waals surface area contributed by atoms with E-state index in [0.717, 1.165) is 5.56 Å². The van der Waals surface area contributed by atoms with Gasteiger partial charge in [-0.2, -0.15) is 4.99 Å². The third kappa shape index (κ3) is 3.49. The third-order valence-corrected chi connectivity index (χ3v) is 3.56. The Morgan fingerprint density at radius 3 is 2.23 bits per heavy atom. The van der Waals surface area contributed by atoms with Crippen LogP contribution in [-0.2, 0) is 4.79 Å². The maximum absolute atomic E-state index is 14.0. The molecule has 0 unspecified atom stereocenters. The molecule has 2 atom stereocenters. The summed E-state index contributed by atoms with van der Waals surface area (Å²) in [7, 11) is 0. The molecule has 0 aliphatic carbocycles. The van der Waals surface area contributed by atoms with Gasteiger partial charge >= 0.3 is 0 Å². The SMILES string of the molecule is C[C@@H](c1ccccc1F)[C@@H](C(=O)N=C(N)N)c1ccccc1. The Kier molecular flexibility index (Phi) is 4.88. The number of halogens is 1. The second-order valence-corrected chi connectivity index (χ2v) is 5.07. The minimum atomic E-state index is -0.653. The van der Waals surface area contributed by atoms with Gasteiger partial charge in [0, 0.05) is 0 Å². The summed E-state index contributed by atoms with van der Waals surface area (Å²) in [6.45, 7) is 1.79. The lowest BCUT2D eigenvalue weighted by Crippen LogP contribution is -2.27. The first-order chi connectivity index (χ1) is 10.5. The van der Waals surface area contributed by atoms with E-state index in [1.165, 1.54) is 6.07 Å². The Balaban J connectivity index is 2.47. The number of nitrogens with zero attached hydrogens (tertiary/aromatic N) is 1. The summed E-state index contributed by atoms with van der Waals surface area (Å²) in [5, 5.41) is 0. The van der Waals surface area contributed by atoms with Gasteiger partial charge in [0.15, 0.2) is 5.96 Å². The van der Waals surface area contributed by atoms with E-state index < -0.39 is 17.7 Å². The van der Waals surface area contributed by atoms with Crippen molar-refractivity contribution >= 4 is 11.9 Å². The summed E-state index contributed by atoms with van der Waals surface area (Å²) in [6.07, 6.45) is 0. The lowest BCUT2D eigenvalue weighted by Gasteiger charge is -2.22. The molecule has 1 amide bonds. The summed E-state index contributed by atoms with van der Waals surface area (Å²) in [4.78, 5) is 16.1. The van der Waals surface area contributed by atoms with Gasteiger partial charge in [0.2, 0.25) is 0 Å². The molecular formula is C17H18FN3O. The van der Waals surface area contributed by atoms with Crippen molar-refractivity contribution in [3.63, 3.8) is 0 Å². The van der Waals surface area contributed by atoms with E-state index in [9.17, 15) is 9.18 Å². The fourth-order valence-electron chi connectivity index (χ4n) is 2.53. The molecule has 0 radical (unpaired) electrons. The highest BCUT2D eigenvalue weighted by molar-refractivity contribution is 5.95. The van der Waals surface area contributed by atoms with Gasteiger partial charge in [0.05, 0.1) is 5.92 Å². The lowest BCUT2D eigenvalue weighted by molar-refractivity contribution is -0.119. The van der Waals surface area contributed by atoms with Crippen LogP contribution in [0, 0.1) is 5.82 Å². The first-order valence-electron chi connectivity index (χ1n) is 6.93. The molecule has 0 saturated heterocycles. The Hall–Kier alpha value is -2.69. The van der Waals surface area contributed by atoms with E-state index in [4.69, 9.17) is 11.5 Å². The largest absolute Gasteiger partial charge is 0.370 e. The van der Waals surface area contributed by atoms with E-state index in [0.29, 0.717) is 5.56 Å². The topological polar surface area (TPSA) is 81.5 Å². The highest BCUT2D eigenvalue weighted by Crippen LogP contribution is 2.34. The summed E-state index contributed by atoms with van der Waals surface area (Å²) >= 11 is 0. The molecule has 0 saturated carbocycles. The molecule has 0 fully saturated rings. The van der Waals surface area contributed by atoms with Crippen molar-refractivity contribution in [2.45, 2.75) is 18.8 Å². The van der Waals surface area contributed by atoms with Crippen molar-refractivity contribution in [1.82, 2.24) is 0 Å². The lowest BCUT2D eigenvalue weighted by atomic mass is 9.82. The van der Waals surface area contributed by atoms with Gasteiger partial charge in [-0.15, -0.1) is 0 Å². The predicted molar refractivity (Wildman–Crippen MR) is 84.8 cm³/mol. The average molecular weight is 299 g/mol. The molecule has 0 spiro atoms. The van der Waals surface area contributed by atoms with Crippen LogP contribution in [0.15, 0.2) is 59.6 Å². The van der Waals surface area contributed by atoms with Gasteiger partial charge in [-0.25, -0.2) is 4.39 Å². The third-order valence-electron chi connectivity index (χ3n) is 3.56. The first kappa shape index (κ1) is 15.7. The summed E-state index contributed by atoms with van der Waals surface area (Å²) in [5.41, 5.74) is 11.8. The van der Waals surface area contributed by atoms with Crippen molar-refractivity contribution in [3.05, 3.63) is 71.5 Å². The normalized spacial score (nSPS) is 13.2. The molecule has 0 aliphatic heterocycles. The first-order valence-corrected chi connectivity index (χ1v) is 6.93. The molecule has 5 heteroatoms. The second-order valence-electron chi connectivity index (χ2n) is 5.07. The van der Waals surface area contributed by atoms with Gasteiger partial charge in [-0.05, 0) is 23.1 Å². The zero-order chi connectivity index (χ0) is 16.1. The predicted octanol–water partition coefficient (Wildman–Crippen LogP) is 2.51. The number of carbonyl (C=O) groups excluding carboxylic acids is 1. The maximum atomic E-state index is 14.0. The van der Waals surface area contributed by atoms with Crippen LogP contribution in [0.2, 0.25) is 0 Å². The van der Waals surface area contributed by atoms with Crippen LogP contribution in [0.3, 0.4) is 0 Å². The molecule has 2 aromatic carbocycles. The molecule has 0 aromatic heterocycles. The number of aliphatic imine (C=N–C) groups is 1. The van der Waals surface area contributed by atoms with Gasteiger partial charge in [-0.1, -0.05) is 55.5 Å². The van der Waals surface area contributed by atoms with Crippen molar-refractivity contribution in [1.29, 1.82) is 0 Å². The molecule has 2 aromatic rings. The molecule has 4 nitrogen and oxygen atoms in total. The second kappa shape index (κ2) is 6.85. The number of hydrogen-bond acceptors (Lipinski definition) is 1. The summed E-state index contributed by atoms with van der Waals surface area (Å²) < 4.78 is 14.0. The van der Waals surface area contributed by atoms with Gasteiger partial charge in [0.1, 0.15) is 5.82 Å². The Bertz CT molecular complexity index is 681. The van der Waals surface area contributed by atoms with Crippen molar-refractivity contribution in [2.75, 3.05) is 0 Å². The van der Waals surface area contributed by atoms with E-state index >= 15 is 0 Å². The smallest absolute Gasteiger partial charge is 0.257 e. The molecule has 22 heavy (non-hydrogen) atoms. The van der Waals surface area contributed by atoms with Crippen LogP contribution in [0.4, 0.5) is 4.39 Å². The Morgan fingerprint density at radius 2 is 1.64 bits per heavy atom. The molecule has 114 valence electrons. The summed E-state index contributed by atoms with van der Waals surface area (Å²) in [5.74, 6) is -2.19. The minimum absolute atomic E-state index is 0.299. The van der Waals surface area contributed by atoms with Crippen LogP contribution < -0.4 is 11.5 Å². The number of amides is 1. The standard InChI is InChI=1S/C17H18FN3O/c1-11(13-9-5-6-10-14(13)18)15(16(22)21-17(19)20)12-7-3-2-4-8-12/h2-11,15H,1H3,(H4,19,20,21,22)/t11-,15+/m0/s1. The van der Waals surface area contributed by atoms with Crippen molar-refractivity contribution in [3.8, 4) is 0 Å². The molecule has 0 heterocycles. The number of guanidine groups is 1. The van der Waals surface area contributed by atoms with Crippen LogP contribution in [0.25, 0.3) is 0 Å². The number of nitrogens with two attached hydrogens (primary N) is 2. The zero-order valence-corrected chi connectivity index (χ0v) is 12.2. The van der Waals surface area contributed by atoms with Gasteiger partial charge in [0.25, 0.3) is 5.91 Å². The average Bonchev–Trinajstić information content (AvgIpc) is 2.48.